The predicted molar refractivity (Wildman–Crippen MR) is 75.9 cm³/mol. The molecule has 2 aliphatic rings. The van der Waals surface area contributed by atoms with Crippen LogP contribution in [0.5, 0.6) is 0 Å². The number of rotatable bonds is 7. The van der Waals surface area contributed by atoms with Crippen molar-refractivity contribution in [2.24, 2.45) is 5.92 Å². The summed E-state index contributed by atoms with van der Waals surface area (Å²) >= 11 is 0. The Kier molecular flexibility index (Phi) is 5.93. The highest BCUT2D eigenvalue weighted by atomic mass is 16.5. The monoisotopic (exact) mass is 254 g/mol. The second-order valence-corrected chi connectivity index (χ2v) is 6.03. The molecule has 0 spiro atoms. The third kappa shape index (κ3) is 4.52. The van der Waals surface area contributed by atoms with Crippen molar-refractivity contribution in [1.29, 1.82) is 0 Å². The lowest BCUT2D eigenvalue weighted by atomic mass is 9.98. The molecule has 18 heavy (non-hydrogen) atoms. The summed E-state index contributed by atoms with van der Waals surface area (Å²) in [6.07, 6.45) is 8.25. The topological polar surface area (TPSA) is 24.5 Å². The van der Waals surface area contributed by atoms with E-state index in [-0.39, 0.29) is 0 Å². The summed E-state index contributed by atoms with van der Waals surface area (Å²) in [5, 5.41) is 3.66. The molecule has 0 aromatic heterocycles. The minimum absolute atomic E-state index is 0.575. The van der Waals surface area contributed by atoms with E-state index in [0.717, 1.165) is 25.1 Å². The van der Waals surface area contributed by atoms with Gasteiger partial charge in [0.05, 0.1) is 6.61 Å². The van der Waals surface area contributed by atoms with Gasteiger partial charge < -0.3 is 10.1 Å². The van der Waals surface area contributed by atoms with E-state index in [1.54, 1.807) is 0 Å². The SMILES string of the molecule is CCC1CCCN(C(CNC2CC2)COC)CC1. The van der Waals surface area contributed by atoms with Gasteiger partial charge >= 0.3 is 0 Å². The van der Waals surface area contributed by atoms with Gasteiger partial charge in [0.1, 0.15) is 0 Å². The molecule has 1 saturated carbocycles. The molecule has 2 unspecified atom stereocenters. The molecule has 1 aliphatic heterocycles. The first-order chi connectivity index (χ1) is 8.83. The summed E-state index contributed by atoms with van der Waals surface area (Å²) in [6, 6.07) is 1.38. The van der Waals surface area contributed by atoms with Crippen molar-refractivity contribution in [2.75, 3.05) is 33.4 Å². The Bertz CT molecular complexity index is 231. The molecule has 2 atom stereocenters. The molecule has 106 valence electrons. The van der Waals surface area contributed by atoms with E-state index in [1.807, 2.05) is 7.11 Å². The first kappa shape index (κ1) is 14.3. The number of hydrogen-bond acceptors (Lipinski definition) is 3. The van der Waals surface area contributed by atoms with Crippen LogP contribution >= 0.6 is 0 Å². The molecule has 0 aromatic rings. The Morgan fingerprint density at radius 1 is 1.22 bits per heavy atom. The van der Waals surface area contributed by atoms with Crippen LogP contribution in [0.3, 0.4) is 0 Å². The maximum atomic E-state index is 5.42. The van der Waals surface area contributed by atoms with E-state index in [0.29, 0.717) is 6.04 Å². The van der Waals surface area contributed by atoms with E-state index in [4.69, 9.17) is 4.74 Å². The summed E-state index contributed by atoms with van der Waals surface area (Å²) in [5.74, 6) is 0.953. The fourth-order valence-corrected chi connectivity index (χ4v) is 3.04. The molecule has 0 amide bonds. The molecule has 0 bridgehead atoms. The number of hydrogen-bond donors (Lipinski definition) is 1. The van der Waals surface area contributed by atoms with Crippen LogP contribution in [0, 0.1) is 5.92 Å². The average Bonchev–Trinajstić information content (AvgIpc) is 3.20. The zero-order valence-corrected chi connectivity index (χ0v) is 12.2. The highest BCUT2D eigenvalue weighted by Crippen LogP contribution is 2.22. The van der Waals surface area contributed by atoms with E-state index in [9.17, 15) is 0 Å². The van der Waals surface area contributed by atoms with Crippen LogP contribution in [0.2, 0.25) is 0 Å². The van der Waals surface area contributed by atoms with Crippen molar-refractivity contribution in [3.05, 3.63) is 0 Å². The molecular weight excluding hydrogens is 224 g/mol. The van der Waals surface area contributed by atoms with Gasteiger partial charge in [0, 0.05) is 25.7 Å². The quantitative estimate of drug-likeness (QED) is 0.754. The largest absolute Gasteiger partial charge is 0.383 e. The van der Waals surface area contributed by atoms with Crippen LogP contribution in [-0.4, -0.2) is 50.3 Å². The Hall–Kier alpha value is -0.120. The van der Waals surface area contributed by atoms with E-state index in [1.165, 1.54) is 51.6 Å². The van der Waals surface area contributed by atoms with Gasteiger partial charge in [-0.05, 0) is 51.1 Å². The fourth-order valence-electron chi connectivity index (χ4n) is 3.04. The highest BCUT2D eigenvalue weighted by Gasteiger charge is 2.26. The second kappa shape index (κ2) is 7.46. The van der Waals surface area contributed by atoms with Crippen LogP contribution < -0.4 is 5.32 Å². The lowest BCUT2D eigenvalue weighted by Crippen LogP contribution is -2.46. The van der Waals surface area contributed by atoms with E-state index < -0.39 is 0 Å². The summed E-state index contributed by atoms with van der Waals surface area (Å²) in [7, 11) is 1.83. The smallest absolute Gasteiger partial charge is 0.0630 e. The summed E-state index contributed by atoms with van der Waals surface area (Å²) in [6.45, 7) is 6.84. The van der Waals surface area contributed by atoms with E-state index in [2.05, 4.69) is 17.1 Å². The van der Waals surface area contributed by atoms with Gasteiger partial charge in [-0.1, -0.05) is 13.3 Å². The Labute approximate surface area is 112 Å². The van der Waals surface area contributed by atoms with Gasteiger partial charge in [0.15, 0.2) is 0 Å². The zero-order valence-electron chi connectivity index (χ0n) is 12.2. The first-order valence-electron chi connectivity index (χ1n) is 7.79. The standard InChI is InChI=1S/C15H30N2O/c1-3-13-5-4-9-17(10-8-13)15(12-18-2)11-16-14-6-7-14/h13-16H,3-12H2,1-2H3. The maximum absolute atomic E-state index is 5.42. The molecule has 3 heteroatoms. The summed E-state index contributed by atoms with van der Waals surface area (Å²) < 4.78 is 5.42. The maximum Gasteiger partial charge on any atom is 0.0630 e. The number of nitrogens with zero attached hydrogens (tertiary/aromatic N) is 1. The molecule has 0 radical (unpaired) electrons. The minimum Gasteiger partial charge on any atom is -0.383 e. The lowest BCUT2D eigenvalue weighted by Gasteiger charge is -2.30. The lowest BCUT2D eigenvalue weighted by molar-refractivity contribution is 0.0903. The zero-order chi connectivity index (χ0) is 12.8. The number of nitrogens with one attached hydrogen (secondary N) is 1. The van der Waals surface area contributed by atoms with Crippen LogP contribution in [0.25, 0.3) is 0 Å². The molecule has 0 aromatic carbocycles. The third-order valence-corrected chi connectivity index (χ3v) is 4.55. The van der Waals surface area contributed by atoms with Crippen molar-refractivity contribution in [3.63, 3.8) is 0 Å². The second-order valence-electron chi connectivity index (χ2n) is 6.03. The Morgan fingerprint density at radius 2 is 2.06 bits per heavy atom. The summed E-state index contributed by atoms with van der Waals surface area (Å²) in [5.41, 5.74) is 0. The van der Waals surface area contributed by atoms with E-state index >= 15 is 0 Å². The van der Waals surface area contributed by atoms with Gasteiger partial charge in [-0.2, -0.15) is 0 Å². The molecule has 2 rings (SSSR count). The van der Waals surface area contributed by atoms with Gasteiger partial charge in [-0.3, -0.25) is 4.90 Å². The predicted octanol–water partition coefficient (Wildman–Crippen LogP) is 2.27. The van der Waals surface area contributed by atoms with Crippen LogP contribution in [-0.2, 0) is 4.74 Å². The Morgan fingerprint density at radius 3 is 2.72 bits per heavy atom. The van der Waals surface area contributed by atoms with Crippen LogP contribution in [0.15, 0.2) is 0 Å². The van der Waals surface area contributed by atoms with Crippen LogP contribution in [0.4, 0.5) is 0 Å². The average molecular weight is 254 g/mol. The molecular formula is C15H30N2O. The number of likely N-dealkylation sites (tertiary alicyclic amines) is 1. The van der Waals surface area contributed by atoms with Gasteiger partial charge in [-0.15, -0.1) is 0 Å². The van der Waals surface area contributed by atoms with Crippen molar-refractivity contribution in [3.8, 4) is 0 Å². The first-order valence-corrected chi connectivity index (χ1v) is 7.79. The number of methoxy groups -OCH3 is 1. The van der Waals surface area contributed by atoms with Crippen molar-refractivity contribution in [2.45, 2.75) is 57.5 Å². The minimum atomic E-state index is 0.575. The normalized spacial score (nSPS) is 28.0. The fraction of sp³-hybridized carbons (Fsp3) is 1.00. The van der Waals surface area contributed by atoms with Gasteiger partial charge in [0.25, 0.3) is 0 Å². The van der Waals surface area contributed by atoms with Crippen molar-refractivity contribution < 1.29 is 4.74 Å². The molecule has 1 heterocycles. The van der Waals surface area contributed by atoms with Gasteiger partial charge in [-0.25, -0.2) is 0 Å². The molecule has 3 nitrogen and oxygen atoms in total. The Balaban J connectivity index is 1.79. The third-order valence-electron chi connectivity index (χ3n) is 4.55. The molecule has 1 N–H and O–H groups in total. The molecule has 1 aliphatic carbocycles. The van der Waals surface area contributed by atoms with Gasteiger partial charge in [0.2, 0.25) is 0 Å². The van der Waals surface area contributed by atoms with Crippen molar-refractivity contribution in [1.82, 2.24) is 10.2 Å². The highest BCUT2D eigenvalue weighted by molar-refractivity contribution is 4.85. The van der Waals surface area contributed by atoms with Crippen molar-refractivity contribution >= 4 is 0 Å². The number of ether oxygens (including phenoxy) is 1. The summed E-state index contributed by atoms with van der Waals surface area (Å²) in [4.78, 5) is 2.66. The molecule has 1 saturated heterocycles. The molecule has 2 fully saturated rings. The van der Waals surface area contributed by atoms with Crippen LogP contribution in [0.1, 0.15) is 45.4 Å².